The summed E-state index contributed by atoms with van der Waals surface area (Å²) in [4.78, 5) is 12.3. The van der Waals surface area contributed by atoms with E-state index in [4.69, 9.17) is 9.47 Å². The summed E-state index contributed by atoms with van der Waals surface area (Å²) in [6.07, 6.45) is 2.33. The first-order valence-electron chi connectivity index (χ1n) is 9.10. The predicted octanol–water partition coefficient (Wildman–Crippen LogP) is 3.93. The van der Waals surface area contributed by atoms with Gasteiger partial charge in [-0.05, 0) is 35.4 Å². The van der Waals surface area contributed by atoms with E-state index in [1.165, 1.54) is 0 Å². The Labute approximate surface area is 160 Å². The highest BCUT2D eigenvalue weighted by Gasteiger charge is 2.11. The molecule has 0 saturated carbocycles. The second kappa shape index (κ2) is 10.3. The van der Waals surface area contributed by atoms with Crippen molar-refractivity contribution in [3.8, 4) is 11.8 Å². The van der Waals surface area contributed by atoms with Gasteiger partial charge in [0.1, 0.15) is 17.4 Å². The Hall–Kier alpha value is -2.84. The first kappa shape index (κ1) is 20.5. The Kier molecular flexibility index (Phi) is 7.84. The molecule has 2 aromatic rings. The van der Waals surface area contributed by atoms with Gasteiger partial charge in [-0.2, -0.15) is 5.26 Å². The lowest BCUT2D eigenvalue weighted by atomic mass is 10.0. The molecule has 0 unspecified atom stereocenters. The van der Waals surface area contributed by atoms with E-state index >= 15 is 0 Å². The zero-order valence-electron chi connectivity index (χ0n) is 16.1. The molecule has 0 aromatic heterocycles. The zero-order valence-corrected chi connectivity index (χ0v) is 16.1. The van der Waals surface area contributed by atoms with Crippen LogP contribution < -0.4 is 10.1 Å². The molecule has 5 nitrogen and oxygen atoms in total. The maximum atomic E-state index is 12.3. The fourth-order valence-corrected chi connectivity index (χ4v) is 2.62. The molecule has 0 atom stereocenters. The van der Waals surface area contributed by atoms with Crippen LogP contribution in [0.5, 0.6) is 5.75 Å². The number of carbonyl (C=O) groups excluding carboxylic acids is 1. The Morgan fingerprint density at radius 1 is 1.22 bits per heavy atom. The van der Waals surface area contributed by atoms with Crippen LogP contribution in [-0.2, 0) is 9.53 Å². The summed E-state index contributed by atoms with van der Waals surface area (Å²) in [7, 11) is 1.61. The van der Waals surface area contributed by atoms with Crippen LogP contribution in [0.4, 0.5) is 0 Å². The average Bonchev–Trinajstić information content (AvgIpc) is 2.68. The fraction of sp³-hybridized carbons (Fsp3) is 0.364. The van der Waals surface area contributed by atoms with Crippen molar-refractivity contribution in [3.63, 3.8) is 0 Å². The van der Waals surface area contributed by atoms with E-state index in [2.05, 4.69) is 19.2 Å². The highest BCUT2D eigenvalue weighted by molar-refractivity contribution is 6.04. The van der Waals surface area contributed by atoms with Gasteiger partial charge in [0, 0.05) is 25.6 Å². The summed E-state index contributed by atoms with van der Waals surface area (Å²) < 4.78 is 10.9. The minimum absolute atomic E-state index is 0.0772. The number of benzene rings is 2. The quantitative estimate of drug-likeness (QED) is 0.415. The fourth-order valence-electron chi connectivity index (χ4n) is 2.62. The average molecular weight is 366 g/mol. The van der Waals surface area contributed by atoms with Crippen molar-refractivity contribution >= 4 is 22.8 Å². The van der Waals surface area contributed by atoms with Crippen molar-refractivity contribution < 1.29 is 14.3 Å². The third-order valence-electron chi connectivity index (χ3n) is 3.97. The number of amides is 1. The topological polar surface area (TPSA) is 71.3 Å². The van der Waals surface area contributed by atoms with Gasteiger partial charge >= 0.3 is 0 Å². The Morgan fingerprint density at radius 2 is 1.96 bits per heavy atom. The summed E-state index contributed by atoms with van der Waals surface area (Å²) in [6, 6.07) is 13.6. The number of ether oxygens (including phenoxy) is 2. The summed E-state index contributed by atoms with van der Waals surface area (Å²) in [6.45, 7) is 5.86. The molecule has 0 bridgehead atoms. The van der Waals surface area contributed by atoms with Crippen molar-refractivity contribution in [2.45, 2.75) is 20.3 Å². The van der Waals surface area contributed by atoms with Gasteiger partial charge in [0.2, 0.25) is 0 Å². The number of nitrogens with one attached hydrogen (secondary N) is 1. The largest absolute Gasteiger partial charge is 0.493 e. The second-order valence-electron chi connectivity index (χ2n) is 6.68. The predicted molar refractivity (Wildman–Crippen MR) is 107 cm³/mol. The summed E-state index contributed by atoms with van der Waals surface area (Å²) >= 11 is 0. The molecule has 5 heteroatoms. The van der Waals surface area contributed by atoms with E-state index in [1.54, 1.807) is 13.2 Å². The van der Waals surface area contributed by atoms with Gasteiger partial charge in [-0.3, -0.25) is 4.79 Å². The Morgan fingerprint density at radius 3 is 2.63 bits per heavy atom. The lowest BCUT2D eigenvalue weighted by molar-refractivity contribution is -0.117. The first-order chi connectivity index (χ1) is 13.1. The van der Waals surface area contributed by atoms with Crippen molar-refractivity contribution in [2.24, 2.45) is 5.92 Å². The molecule has 0 spiro atoms. The van der Waals surface area contributed by atoms with Crippen LogP contribution >= 0.6 is 0 Å². The third kappa shape index (κ3) is 5.83. The molecule has 0 aliphatic rings. The first-order valence-corrected chi connectivity index (χ1v) is 9.10. The molecule has 0 fully saturated rings. The lowest BCUT2D eigenvalue weighted by Gasteiger charge is -2.13. The standard InChI is InChI=1S/C22H26N2O3/c1-16(2)15-27-21-10-9-17(19-7-4-5-8-20(19)21)13-18(14-23)22(25)24-11-6-12-26-3/h4-5,7-10,13,16H,6,11-12,15H2,1-3H3,(H,24,25). The molecule has 0 saturated heterocycles. The monoisotopic (exact) mass is 366 g/mol. The number of fused-ring (bicyclic) bond motifs is 1. The third-order valence-corrected chi connectivity index (χ3v) is 3.97. The zero-order chi connectivity index (χ0) is 19.6. The van der Waals surface area contributed by atoms with Gasteiger partial charge in [-0.25, -0.2) is 0 Å². The molecule has 0 radical (unpaired) electrons. The molecule has 1 amide bonds. The smallest absolute Gasteiger partial charge is 0.261 e. The van der Waals surface area contributed by atoms with E-state index in [9.17, 15) is 10.1 Å². The molecule has 142 valence electrons. The minimum atomic E-state index is -0.377. The molecular weight excluding hydrogens is 340 g/mol. The van der Waals surface area contributed by atoms with Crippen LogP contribution in [0.25, 0.3) is 16.8 Å². The van der Waals surface area contributed by atoms with Gasteiger partial charge in [-0.1, -0.05) is 44.2 Å². The molecule has 0 aliphatic heterocycles. The van der Waals surface area contributed by atoms with Gasteiger partial charge in [0.15, 0.2) is 0 Å². The maximum absolute atomic E-state index is 12.3. The van der Waals surface area contributed by atoms with Crippen molar-refractivity contribution in [3.05, 3.63) is 47.5 Å². The van der Waals surface area contributed by atoms with Crippen LogP contribution in [0.3, 0.4) is 0 Å². The van der Waals surface area contributed by atoms with Crippen LogP contribution in [0.2, 0.25) is 0 Å². The van der Waals surface area contributed by atoms with Gasteiger partial charge in [-0.15, -0.1) is 0 Å². The molecule has 2 rings (SSSR count). The number of nitrogens with zero attached hydrogens (tertiary/aromatic N) is 1. The van der Waals surface area contributed by atoms with Crippen molar-refractivity contribution in [1.29, 1.82) is 5.26 Å². The number of rotatable bonds is 9. The van der Waals surface area contributed by atoms with E-state index in [-0.39, 0.29) is 11.5 Å². The van der Waals surface area contributed by atoms with E-state index in [0.29, 0.717) is 32.1 Å². The summed E-state index contributed by atoms with van der Waals surface area (Å²) in [5.41, 5.74) is 0.888. The van der Waals surface area contributed by atoms with Crippen molar-refractivity contribution in [1.82, 2.24) is 5.32 Å². The molecule has 27 heavy (non-hydrogen) atoms. The Bertz CT molecular complexity index is 850. The molecule has 1 N–H and O–H groups in total. The van der Waals surface area contributed by atoms with E-state index in [1.807, 2.05) is 42.5 Å². The van der Waals surface area contributed by atoms with Gasteiger partial charge in [0.05, 0.1) is 6.61 Å². The SMILES string of the molecule is COCCCNC(=O)C(C#N)=Cc1ccc(OCC(C)C)c2ccccc12. The normalized spacial score (nSPS) is 11.4. The van der Waals surface area contributed by atoms with Crippen LogP contribution in [0.1, 0.15) is 25.8 Å². The second-order valence-corrected chi connectivity index (χ2v) is 6.68. The lowest BCUT2D eigenvalue weighted by Crippen LogP contribution is -2.26. The van der Waals surface area contributed by atoms with E-state index in [0.717, 1.165) is 22.1 Å². The Balaban J connectivity index is 2.29. The molecule has 2 aromatic carbocycles. The number of carbonyl (C=O) groups is 1. The molecular formula is C22H26N2O3. The number of methoxy groups -OCH3 is 1. The number of nitriles is 1. The van der Waals surface area contributed by atoms with Crippen LogP contribution in [0, 0.1) is 17.2 Å². The van der Waals surface area contributed by atoms with Gasteiger partial charge < -0.3 is 14.8 Å². The summed E-state index contributed by atoms with van der Waals surface area (Å²) in [5, 5.41) is 14.1. The van der Waals surface area contributed by atoms with Crippen molar-refractivity contribution in [2.75, 3.05) is 26.9 Å². The number of hydrogen-bond donors (Lipinski definition) is 1. The highest BCUT2D eigenvalue weighted by atomic mass is 16.5. The molecule has 0 aliphatic carbocycles. The summed E-state index contributed by atoms with van der Waals surface area (Å²) in [5.74, 6) is 0.854. The van der Waals surface area contributed by atoms with E-state index < -0.39 is 0 Å². The minimum Gasteiger partial charge on any atom is -0.493 e. The van der Waals surface area contributed by atoms with Gasteiger partial charge in [0.25, 0.3) is 5.91 Å². The van der Waals surface area contributed by atoms with Crippen LogP contribution in [-0.4, -0.2) is 32.8 Å². The highest BCUT2D eigenvalue weighted by Crippen LogP contribution is 2.30. The number of hydrogen-bond acceptors (Lipinski definition) is 4. The molecule has 0 heterocycles. The maximum Gasteiger partial charge on any atom is 0.261 e. The van der Waals surface area contributed by atoms with Crippen LogP contribution in [0.15, 0.2) is 42.0 Å².